The van der Waals surface area contributed by atoms with Gasteiger partial charge in [-0.2, -0.15) is 0 Å². The number of aromatic nitrogens is 2. The Labute approximate surface area is 115 Å². The molecule has 0 bridgehead atoms. The molecule has 0 unspecified atom stereocenters. The molecule has 1 aromatic carbocycles. The summed E-state index contributed by atoms with van der Waals surface area (Å²) in [6.07, 6.45) is -0.425. The zero-order chi connectivity index (χ0) is 13.1. The van der Waals surface area contributed by atoms with E-state index < -0.39 is 6.29 Å². The second-order valence-electron chi connectivity index (χ2n) is 3.98. The number of aromatic amines is 1. The van der Waals surface area contributed by atoms with E-state index in [0.29, 0.717) is 13.2 Å². The van der Waals surface area contributed by atoms with Gasteiger partial charge in [0.2, 0.25) is 6.29 Å². The molecule has 2 aromatic rings. The van der Waals surface area contributed by atoms with Crippen molar-refractivity contribution in [3.63, 3.8) is 0 Å². The van der Waals surface area contributed by atoms with Crippen LogP contribution in [0.15, 0.2) is 16.6 Å². The van der Waals surface area contributed by atoms with Crippen LogP contribution in [-0.4, -0.2) is 23.2 Å². The predicted octanol–water partition coefficient (Wildman–Crippen LogP) is 3.71. The van der Waals surface area contributed by atoms with E-state index in [-0.39, 0.29) is 0 Å². The van der Waals surface area contributed by atoms with Gasteiger partial charge in [-0.1, -0.05) is 15.9 Å². The van der Waals surface area contributed by atoms with Gasteiger partial charge in [0.25, 0.3) is 0 Å². The first-order valence-corrected chi connectivity index (χ1v) is 6.84. The van der Waals surface area contributed by atoms with Crippen molar-refractivity contribution in [2.75, 3.05) is 13.2 Å². The summed E-state index contributed by atoms with van der Waals surface area (Å²) in [6.45, 7) is 7.09. The summed E-state index contributed by atoms with van der Waals surface area (Å²) >= 11 is 3.48. The van der Waals surface area contributed by atoms with E-state index in [4.69, 9.17) is 9.47 Å². The average Bonchev–Trinajstić information content (AvgIpc) is 2.72. The maximum Gasteiger partial charge on any atom is 0.217 e. The predicted molar refractivity (Wildman–Crippen MR) is 74.5 cm³/mol. The Bertz CT molecular complexity index is 533. The topological polar surface area (TPSA) is 47.1 Å². The number of hydrogen-bond acceptors (Lipinski definition) is 3. The van der Waals surface area contributed by atoms with E-state index in [0.717, 1.165) is 26.9 Å². The molecule has 18 heavy (non-hydrogen) atoms. The van der Waals surface area contributed by atoms with Gasteiger partial charge in [0.15, 0.2) is 5.82 Å². The number of aryl methyl sites for hydroxylation is 1. The Hall–Kier alpha value is -0.910. The van der Waals surface area contributed by atoms with Crippen molar-refractivity contribution in [1.29, 1.82) is 0 Å². The first kappa shape index (κ1) is 13.5. The minimum absolute atomic E-state index is 0.425. The summed E-state index contributed by atoms with van der Waals surface area (Å²) in [7, 11) is 0. The maximum absolute atomic E-state index is 5.54. The molecule has 2 rings (SSSR count). The van der Waals surface area contributed by atoms with Crippen LogP contribution in [0.3, 0.4) is 0 Å². The molecule has 0 saturated carbocycles. The third kappa shape index (κ3) is 2.74. The van der Waals surface area contributed by atoms with Crippen LogP contribution in [0.4, 0.5) is 0 Å². The van der Waals surface area contributed by atoms with Crippen LogP contribution in [0.2, 0.25) is 0 Å². The molecule has 98 valence electrons. The molecule has 1 N–H and O–H groups in total. The van der Waals surface area contributed by atoms with Gasteiger partial charge >= 0.3 is 0 Å². The largest absolute Gasteiger partial charge is 0.346 e. The number of nitrogens with one attached hydrogen (secondary N) is 1. The van der Waals surface area contributed by atoms with Crippen molar-refractivity contribution in [3.05, 3.63) is 28.0 Å². The number of fused-ring (bicyclic) bond motifs is 1. The normalized spacial score (nSPS) is 11.6. The van der Waals surface area contributed by atoms with Crippen LogP contribution in [-0.2, 0) is 9.47 Å². The fourth-order valence-corrected chi connectivity index (χ4v) is 2.46. The summed E-state index contributed by atoms with van der Waals surface area (Å²) in [5, 5.41) is 0. The van der Waals surface area contributed by atoms with Gasteiger partial charge in [-0.15, -0.1) is 0 Å². The highest BCUT2D eigenvalue weighted by Gasteiger charge is 2.17. The highest BCUT2D eigenvalue weighted by molar-refractivity contribution is 9.10. The molecule has 0 radical (unpaired) electrons. The van der Waals surface area contributed by atoms with Crippen LogP contribution in [0.1, 0.15) is 31.5 Å². The lowest BCUT2D eigenvalue weighted by atomic mass is 10.2. The van der Waals surface area contributed by atoms with Crippen LogP contribution in [0, 0.1) is 6.92 Å². The Morgan fingerprint density at radius 2 is 1.94 bits per heavy atom. The Morgan fingerprint density at radius 3 is 2.56 bits per heavy atom. The molecule has 1 heterocycles. The Kier molecular flexibility index (Phi) is 4.37. The Balaban J connectivity index is 2.41. The molecule has 0 atom stereocenters. The lowest BCUT2D eigenvalue weighted by Gasteiger charge is -2.13. The molecule has 0 aliphatic carbocycles. The number of H-pyrrole nitrogens is 1. The summed E-state index contributed by atoms with van der Waals surface area (Å²) in [5.74, 6) is 0.718. The molecule has 0 spiro atoms. The van der Waals surface area contributed by atoms with Gasteiger partial charge in [-0.25, -0.2) is 4.98 Å². The monoisotopic (exact) mass is 312 g/mol. The minimum Gasteiger partial charge on any atom is -0.346 e. The smallest absolute Gasteiger partial charge is 0.217 e. The van der Waals surface area contributed by atoms with Gasteiger partial charge in [0.05, 0.1) is 11.0 Å². The molecule has 0 aliphatic rings. The molecule has 0 fully saturated rings. The molecular formula is C13H17BrN2O2. The third-order valence-electron chi connectivity index (χ3n) is 2.62. The van der Waals surface area contributed by atoms with E-state index in [2.05, 4.69) is 25.9 Å². The Morgan fingerprint density at radius 1 is 1.28 bits per heavy atom. The molecular weight excluding hydrogens is 296 g/mol. The minimum atomic E-state index is -0.425. The van der Waals surface area contributed by atoms with Crippen LogP contribution in [0.25, 0.3) is 11.0 Å². The number of hydrogen-bond donors (Lipinski definition) is 1. The van der Waals surface area contributed by atoms with Gasteiger partial charge in [0, 0.05) is 17.7 Å². The van der Waals surface area contributed by atoms with Crippen molar-refractivity contribution in [2.24, 2.45) is 0 Å². The zero-order valence-electron chi connectivity index (χ0n) is 10.8. The molecule has 1 aromatic heterocycles. The number of benzene rings is 1. The number of rotatable bonds is 5. The van der Waals surface area contributed by atoms with Crippen LogP contribution >= 0.6 is 15.9 Å². The fraction of sp³-hybridized carbons (Fsp3) is 0.462. The number of ether oxygens (including phenoxy) is 2. The second-order valence-corrected chi connectivity index (χ2v) is 4.90. The average molecular weight is 313 g/mol. The highest BCUT2D eigenvalue weighted by atomic mass is 79.9. The first-order chi connectivity index (χ1) is 8.65. The standard InChI is InChI=1S/C13H17BrN2O2/c1-4-17-13(18-5-2)12-15-10-7-9(14)6-8(3)11(10)16-12/h6-7,13H,4-5H2,1-3H3,(H,15,16). The molecule has 0 saturated heterocycles. The SMILES string of the molecule is CCOC(OCC)c1nc2c(C)cc(Br)cc2[nH]1. The van der Waals surface area contributed by atoms with Crippen LogP contribution < -0.4 is 0 Å². The third-order valence-corrected chi connectivity index (χ3v) is 3.08. The van der Waals surface area contributed by atoms with Gasteiger partial charge < -0.3 is 14.5 Å². The quantitative estimate of drug-likeness (QED) is 0.856. The maximum atomic E-state index is 5.54. The lowest BCUT2D eigenvalue weighted by molar-refractivity contribution is -0.144. The second kappa shape index (κ2) is 5.82. The summed E-state index contributed by atoms with van der Waals surface area (Å²) < 4.78 is 12.1. The summed E-state index contributed by atoms with van der Waals surface area (Å²) in [4.78, 5) is 7.82. The lowest BCUT2D eigenvalue weighted by Crippen LogP contribution is -2.10. The van der Waals surface area contributed by atoms with Crippen molar-refractivity contribution >= 4 is 27.0 Å². The number of halogens is 1. The van der Waals surface area contributed by atoms with Crippen LogP contribution in [0.5, 0.6) is 0 Å². The molecule has 0 amide bonds. The van der Waals surface area contributed by atoms with E-state index in [1.807, 2.05) is 32.9 Å². The number of nitrogens with zero attached hydrogens (tertiary/aromatic N) is 1. The van der Waals surface area contributed by atoms with E-state index in [9.17, 15) is 0 Å². The zero-order valence-corrected chi connectivity index (χ0v) is 12.4. The fourth-order valence-electron chi connectivity index (χ4n) is 1.89. The van der Waals surface area contributed by atoms with Gasteiger partial charge in [0.1, 0.15) is 0 Å². The molecule has 5 heteroatoms. The van der Waals surface area contributed by atoms with Crippen molar-refractivity contribution in [1.82, 2.24) is 9.97 Å². The van der Waals surface area contributed by atoms with Gasteiger partial charge in [-0.05, 0) is 38.5 Å². The van der Waals surface area contributed by atoms with E-state index >= 15 is 0 Å². The summed E-state index contributed by atoms with van der Waals surface area (Å²) in [5.41, 5.74) is 3.06. The van der Waals surface area contributed by atoms with Crippen molar-refractivity contribution in [3.8, 4) is 0 Å². The molecule has 4 nitrogen and oxygen atoms in total. The van der Waals surface area contributed by atoms with Crippen molar-refractivity contribution < 1.29 is 9.47 Å². The highest BCUT2D eigenvalue weighted by Crippen LogP contribution is 2.25. The summed E-state index contributed by atoms with van der Waals surface area (Å²) in [6, 6.07) is 4.05. The molecule has 0 aliphatic heterocycles. The number of imidazole rings is 1. The van der Waals surface area contributed by atoms with Crippen molar-refractivity contribution in [2.45, 2.75) is 27.1 Å². The van der Waals surface area contributed by atoms with Gasteiger partial charge in [-0.3, -0.25) is 0 Å². The van der Waals surface area contributed by atoms with E-state index in [1.165, 1.54) is 0 Å². The first-order valence-electron chi connectivity index (χ1n) is 6.04. The van der Waals surface area contributed by atoms with E-state index in [1.54, 1.807) is 0 Å².